The summed E-state index contributed by atoms with van der Waals surface area (Å²) < 4.78 is 6.01. The Balaban J connectivity index is 1.73. The van der Waals surface area contributed by atoms with Gasteiger partial charge in [0.25, 0.3) is 0 Å². The van der Waals surface area contributed by atoms with E-state index in [1.165, 1.54) is 0 Å². The molecule has 0 atom stereocenters. The third-order valence-electron chi connectivity index (χ3n) is 4.03. The first-order valence-electron chi connectivity index (χ1n) is 8.19. The number of aromatic nitrogens is 2. The molecule has 0 aliphatic rings. The van der Waals surface area contributed by atoms with Crippen LogP contribution in [0.15, 0.2) is 66.7 Å². The van der Waals surface area contributed by atoms with Gasteiger partial charge in [0, 0.05) is 10.6 Å². The molecule has 134 valence electrons. The molecule has 3 aromatic carbocycles. The number of para-hydroxylation sites is 1. The number of fused-ring (bicyclic) bond motifs is 1. The summed E-state index contributed by atoms with van der Waals surface area (Å²) in [6, 6.07) is 20.5. The molecule has 0 amide bonds. The van der Waals surface area contributed by atoms with E-state index < -0.39 is 0 Å². The highest BCUT2D eigenvalue weighted by Gasteiger charge is 2.12. The number of ether oxygens (including phenoxy) is 1. The van der Waals surface area contributed by atoms with Gasteiger partial charge in [0.05, 0.1) is 20.9 Å². The summed E-state index contributed by atoms with van der Waals surface area (Å²) in [5.74, 6) is 1.04. The van der Waals surface area contributed by atoms with E-state index in [-0.39, 0.29) is 0 Å². The summed E-state index contributed by atoms with van der Waals surface area (Å²) in [6.45, 7) is 0.374. The molecule has 0 saturated heterocycles. The van der Waals surface area contributed by atoms with E-state index in [1.807, 2.05) is 54.6 Å². The van der Waals surface area contributed by atoms with Gasteiger partial charge in [-0.2, -0.15) is 4.98 Å². The Labute approximate surface area is 171 Å². The molecule has 0 saturated carbocycles. The molecule has 3 nitrogen and oxygen atoms in total. The summed E-state index contributed by atoms with van der Waals surface area (Å²) >= 11 is 18.1. The van der Waals surface area contributed by atoms with E-state index in [9.17, 15) is 0 Å². The molecule has 0 aliphatic carbocycles. The molecule has 0 spiro atoms. The van der Waals surface area contributed by atoms with Gasteiger partial charge in [0.15, 0.2) is 5.82 Å². The average molecular weight is 416 g/mol. The number of rotatable bonds is 4. The Morgan fingerprint density at radius 2 is 1.56 bits per heavy atom. The van der Waals surface area contributed by atoms with Crippen LogP contribution in [0, 0.1) is 0 Å². The lowest BCUT2D eigenvalue weighted by Crippen LogP contribution is -2.01. The Bertz CT molecular complexity index is 1110. The van der Waals surface area contributed by atoms with E-state index >= 15 is 0 Å². The van der Waals surface area contributed by atoms with E-state index in [1.54, 1.807) is 12.1 Å². The predicted octanol–water partition coefficient (Wildman–Crippen LogP) is 6.84. The third kappa shape index (κ3) is 4.01. The molecule has 27 heavy (non-hydrogen) atoms. The predicted molar refractivity (Wildman–Crippen MR) is 111 cm³/mol. The van der Waals surface area contributed by atoms with Gasteiger partial charge in [0.1, 0.15) is 6.61 Å². The highest BCUT2D eigenvalue weighted by atomic mass is 35.5. The maximum Gasteiger partial charge on any atom is 0.225 e. The molecule has 0 radical (unpaired) electrons. The molecule has 0 aliphatic heterocycles. The van der Waals surface area contributed by atoms with Crippen molar-refractivity contribution in [3.8, 4) is 17.3 Å². The maximum atomic E-state index is 6.15. The van der Waals surface area contributed by atoms with Crippen molar-refractivity contribution in [2.45, 2.75) is 6.61 Å². The fourth-order valence-corrected chi connectivity index (χ4v) is 3.08. The van der Waals surface area contributed by atoms with Crippen molar-refractivity contribution >= 4 is 45.7 Å². The lowest BCUT2D eigenvalue weighted by atomic mass is 10.2. The first-order chi connectivity index (χ1) is 13.1. The van der Waals surface area contributed by atoms with Gasteiger partial charge < -0.3 is 4.74 Å². The molecule has 0 N–H and O–H groups in total. The Morgan fingerprint density at radius 1 is 0.778 bits per heavy atom. The largest absolute Gasteiger partial charge is 0.472 e. The molecule has 4 rings (SSSR count). The molecule has 0 unspecified atom stereocenters. The summed E-state index contributed by atoms with van der Waals surface area (Å²) in [5.41, 5.74) is 2.56. The normalized spacial score (nSPS) is 10.9. The highest BCUT2D eigenvalue weighted by molar-refractivity contribution is 6.42. The topological polar surface area (TPSA) is 35.0 Å². The van der Waals surface area contributed by atoms with Crippen LogP contribution in [0.3, 0.4) is 0 Å². The second-order valence-electron chi connectivity index (χ2n) is 5.91. The fraction of sp³-hybridized carbons (Fsp3) is 0.0476. The monoisotopic (exact) mass is 414 g/mol. The zero-order valence-electron chi connectivity index (χ0n) is 14.0. The standard InChI is InChI=1S/C21H13Cl3N2O/c22-15-8-5-13(6-9-15)12-27-21-16-3-1-2-4-19(16)25-20(26-21)14-7-10-17(23)18(24)11-14/h1-11H,12H2. The van der Waals surface area contributed by atoms with Gasteiger partial charge in [-0.05, 0) is 48.0 Å². The summed E-state index contributed by atoms with van der Waals surface area (Å²) in [7, 11) is 0. The minimum Gasteiger partial charge on any atom is -0.472 e. The third-order valence-corrected chi connectivity index (χ3v) is 5.03. The molecule has 0 fully saturated rings. The van der Waals surface area contributed by atoms with Crippen molar-refractivity contribution in [3.63, 3.8) is 0 Å². The van der Waals surface area contributed by atoms with E-state index in [0.29, 0.717) is 33.4 Å². The SMILES string of the molecule is Clc1ccc(COc2nc(-c3ccc(Cl)c(Cl)c3)nc3ccccc23)cc1. The van der Waals surface area contributed by atoms with Gasteiger partial charge in [-0.3, -0.25) is 0 Å². The van der Waals surface area contributed by atoms with Gasteiger partial charge >= 0.3 is 0 Å². The van der Waals surface area contributed by atoms with Crippen molar-refractivity contribution in [3.05, 3.63) is 87.4 Å². The van der Waals surface area contributed by atoms with E-state index in [0.717, 1.165) is 22.0 Å². The Hall–Kier alpha value is -2.33. The zero-order chi connectivity index (χ0) is 18.8. The molecule has 6 heteroatoms. The van der Waals surface area contributed by atoms with Crippen LogP contribution in [0.1, 0.15) is 5.56 Å². The van der Waals surface area contributed by atoms with Crippen molar-refractivity contribution in [1.82, 2.24) is 9.97 Å². The smallest absolute Gasteiger partial charge is 0.225 e. The van der Waals surface area contributed by atoms with E-state index in [2.05, 4.69) is 9.97 Å². The van der Waals surface area contributed by atoms with Crippen molar-refractivity contribution in [2.24, 2.45) is 0 Å². The maximum absolute atomic E-state index is 6.15. The number of halogens is 3. The van der Waals surface area contributed by atoms with Crippen LogP contribution in [0.4, 0.5) is 0 Å². The summed E-state index contributed by atoms with van der Waals surface area (Å²) in [5, 5.41) is 2.47. The lowest BCUT2D eigenvalue weighted by molar-refractivity contribution is 0.298. The zero-order valence-corrected chi connectivity index (χ0v) is 16.3. The Kier molecular flexibility index (Phi) is 5.17. The minimum atomic E-state index is 0.374. The molecular formula is C21H13Cl3N2O. The van der Waals surface area contributed by atoms with Crippen LogP contribution in [0.5, 0.6) is 5.88 Å². The number of nitrogens with zero attached hydrogens (tertiary/aromatic N) is 2. The van der Waals surface area contributed by atoms with E-state index in [4.69, 9.17) is 39.5 Å². The molecule has 4 aromatic rings. The van der Waals surface area contributed by atoms with Crippen LogP contribution < -0.4 is 4.74 Å². The first kappa shape index (κ1) is 18.1. The van der Waals surface area contributed by atoms with Gasteiger partial charge in [-0.25, -0.2) is 4.98 Å². The van der Waals surface area contributed by atoms with Crippen LogP contribution in [-0.2, 0) is 6.61 Å². The molecule has 0 bridgehead atoms. The fourth-order valence-electron chi connectivity index (χ4n) is 2.65. The molecule has 1 aromatic heterocycles. The number of hydrogen-bond acceptors (Lipinski definition) is 3. The second kappa shape index (κ2) is 7.73. The van der Waals surface area contributed by atoms with Crippen molar-refractivity contribution in [1.29, 1.82) is 0 Å². The summed E-state index contributed by atoms with van der Waals surface area (Å²) in [4.78, 5) is 9.25. The summed E-state index contributed by atoms with van der Waals surface area (Å²) in [6.07, 6.45) is 0. The highest BCUT2D eigenvalue weighted by Crippen LogP contribution is 2.30. The average Bonchev–Trinajstić information content (AvgIpc) is 2.69. The second-order valence-corrected chi connectivity index (χ2v) is 7.16. The quantitative estimate of drug-likeness (QED) is 0.366. The molecule has 1 heterocycles. The van der Waals surface area contributed by atoms with Crippen molar-refractivity contribution < 1.29 is 4.74 Å². The van der Waals surface area contributed by atoms with Crippen LogP contribution >= 0.6 is 34.8 Å². The number of benzene rings is 3. The van der Waals surface area contributed by atoms with Gasteiger partial charge in [-0.15, -0.1) is 0 Å². The first-order valence-corrected chi connectivity index (χ1v) is 9.33. The van der Waals surface area contributed by atoms with Crippen molar-refractivity contribution in [2.75, 3.05) is 0 Å². The number of hydrogen-bond donors (Lipinski definition) is 0. The lowest BCUT2D eigenvalue weighted by Gasteiger charge is -2.11. The van der Waals surface area contributed by atoms with Crippen LogP contribution in [0.2, 0.25) is 15.1 Å². The van der Waals surface area contributed by atoms with Crippen LogP contribution in [0.25, 0.3) is 22.3 Å². The van der Waals surface area contributed by atoms with Crippen LogP contribution in [-0.4, -0.2) is 9.97 Å². The molecular weight excluding hydrogens is 403 g/mol. The van der Waals surface area contributed by atoms with Gasteiger partial charge in [0.2, 0.25) is 5.88 Å². The minimum absolute atomic E-state index is 0.374. The van der Waals surface area contributed by atoms with Gasteiger partial charge in [-0.1, -0.05) is 59.1 Å². The Morgan fingerprint density at radius 3 is 2.33 bits per heavy atom.